The molecule has 1 unspecified atom stereocenters. The molecule has 0 aliphatic carbocycles. The van der Waals surface area contributed by atoms with E-state index in [1.807, 2.05) is 6.92 Å². The minimum atomic E-state index is 0.0907. The Morgan fingerprint density at radius 3 is 2.71 bits per heavy atom. The van der Waals surface area contributed by atoms with Crippen LogP contribution in [0.15, 0.2) is 36.4 Å². The van der Waals surface area contributed by atoms with Crippen LogP contribution in [0.25, 0.3) is 10.8 Å². The van der Waals surface area contributed by atoms with Crippen molar-refractivity contribution in [3.8, 4) is 5.75 Å². The molecule has 0 radical (unpaired) electrons. The van der Waals surface area contributed by atoms with Crippen LogP contribution in [0.5, 0.6) is 5.75 Å². The van der Waals surface area contributed by atoms with Crippen molar-refractivity contribution in [2.75, 3.05) is 20.3 Å². The molecule has 2 aromatic rings. The summed E-state index contributed by atoms with van der Waals surface area (Å²) in [5.74, 6) is 0.946. The standard InChI is InChI=1S/C18H25NO2/c1-4-11-19-12-17-16-8-6-5-7-15(16)9-10-18(17)21-13-14(2)20-3/h5-10,14,19H,4,11-13H2,1-3H3. The first-order valence-corrected chi connectivity index (χ1v) is 7.63. The third-order valence-corrected chi connectivity index (χ3v) is 3.60. The van der Waals surface area contributed by atoms with E-state index in [1.165, 1.54) is 16.3 Å². The fourth-order valence-corrected chi connectivity index (χ4v) is 2.30. The van der Waals surface area contributed by atoms with Crippen molar-refractivity contribution in [1.29, 1.82) is 0 Å². The van der Waals surface area contributed by atoms with Crippen molar-refractivity contribution >= 4 is 10.8 Å². The molecule has 3 heteroatoms. The van der Waals surface area contributed by atoms with Gasteiger partial charge in [-0.05, 0) is 36.7 Å². The molecule has 0 fully saturated rings. The summed E-state index contributed by atoms with van der Waals surface area (Å²) in [4.78, 5) is 0. The molecule has 0 saturated heterocycles. The summed E-state index contributed by atoms with van der Waals surface area (Å²) < 4.78 is 11.2. The lowest BCUT2D eigenvalue weighted by Crippen LogP contribution is -2.18. The molecule has 2 rings (SSSR count). The molecule has 0 spiro atoms. The first kappa shape index (κ1) is 15.8. The number of nitrogens with one attached hydrogen (secondary N) is 1. The van der Waals surface area contributed by atoms with Crippen LogP contribution in [-0.4, -0.2) is 26.4 Å². The van der Waals surface area contributed by atoms with E-state index in [1.54, 1.807) is 7.11 Å². The highest BCUT2D eigenvalue weighted by molar-refractivity contribution is 5.87. The van der Waals surface area contributed by atoms with Gasteiger partial charge in [0.15, 0.2) is 0 Å². The number of fused-ring (bicyclic) bond motifs is 1. The molecule has 0 aliphatic rings. The molecule has 0 amide bonds. The summed E-state index contributed by atoms with van der Waals surface area (Å²) in [7, 11) is 1.71. The van der Waals surface area contributed by atoms with Crippen LogP contribution in [0, 0.1) is 0 Å². The van der Waals surface area contributed by atoms with E-state index < -0.39 is 0 Å². The van der Waals surface area contributed by atoms with Crippen LogP contribution >= 0.6 is 0 Å². The fourth-order valence-electron chi connectivity index (χ4n) is 2.30. The molecule has 3 nitrogen and oxygen atoms in total. The summed E-state index contributed by atoms with van der Waals surface area (Å²) in [5.41, 5.74) is 1.23. The van der Waals surface area contributed by atoms with Gasteiger partial charge in [-0.15, -0.1) is 0 Å². The molecule has 0 aromatic heterocycles. The van der Waals surface area contributed by atoms with Crippen LogP contribution in [0.2, 0.25) is 0 Å². The fraction of sp³-hybridized carbons (Fsp3) is 0.444. The Labute approximate surface area is 127 Å². The largest absolute Gasteiger partial charge is 0.491 e. The number of benzene rings is 2. The summed E-state index contributed by atoms with van der Waals surface area (Å²) in [6, 6.07) is 12.6. The monoisotopic (exact) mass is 287 g/mol. The SMILES string of the molecule is CCCNCc1c(OCC(C)OC)ccc2ccccc12. The highest BCUT2D eigenvalue weighted by Crippen LogP contribution is 2.28. The molecule has 2 aromatic carbocycles. The van der Waals surface area contributed by atoms with Gasteiger partial charge in [0.2, 0.25) is 0 Å². The lowest BCUT2D eigenvalue weighted by molar-refractivity contribution is 0.0713. The zero-order valence-electron chi connectivity index (χ0n) is 13.2. The van der Waals surface area contributed by atoms with E-state index in [9.17, 15) is 0 Å². The number of rotatable bonds is 8. The van der Waals surface area contributed by atoms with Gasteiger partial charge >= 0.3 is 0 Å². The molecule has 1 atom stereocenters. The van der Waals surface area contributed by atoms with Crippen molar-refractivity contribution < 1.29 is 9.47 Å². The van der Waals surface area contributed by atoms with Gasteiger partial charge in [-0.25, -0.2) is 0 Å². The summed E-state index contributed by atoms with van der Waals surface area (Å²) >= 11 is 0. The molecule has 1 N–H and O–H groups in total. The normalized spacial score (nSPS) is 12.5. The van der Waals surface area contributed by atoms with Crippen LogP contribution < -0.4 is 10.1 Å². The average molecular weight is 287 g/mol. The van der Waals surface area contributed by atoms with Gasteiger partial charge in [-0.3, -0.25) is 0 Å². The van der Waals surface area contributed by atoms with Gasteiger partial charge in [0.25, 0.3) is 0 Å². The topological polar surface area (TPSA) is 30.5 Å². The Morgan fingerprint density at radius 1 is 1.14 bits per heavy atom. The van der Waals surface area contributed by atoms with Gasteiger partial charge in [-0.2, -0.15) is 0 Å². The highest BCUT2D eigenvalue weighted by Gasteiger charge is 2.10. The lowest BCUT2D eigenvalue weighted by Gasteiger charge is -2.17. The minimum absolute atomic E-state index is 0.0907. The van der Waals surface area contributed by atoms with E-state index in [-0.39, 0.29) is 6.10 Å². The Balaban J connectivity index is 2.27. The molecule has 21 heavy (non-hydrogen) atoms. The lowest BCUT2D eigenvalue weighted by atomic mass is 10.0. The summed E-state index contributed by atoms with van der Waals surface area (Å²) in [6.07, 6.45) is 1.22. The predicted molar refractivity (Wildman–Crippen MR) is 87.9 cm³/mol. The van der Waals surface area contributed by atoms with Crippen LogP contribution in [0.3, 0.4) is 0 Å². The maximum absolute atomic E-state index is 5.96. The Morgan fingerprint density at radius 2 is 1.95 bits per heavy atom. The molecule has 0 saturated carbocycles. The maximum Gasteiger partial charge on any atom is 0.124 e. The first-order valence-electron chi connectivity index (χ1n) is 7.63. The third kappa shape index (κ3) is 4.19. The molecule has 0 aliphatic heterocycles. The van der Waals surface area contributed by atoms with Gasteiger partial charge in [0.1, 0.15) is 12.4 Å². The molecule has 114 valence electrons. The number of hydrogen-bond donors (Lipinski definition) is 1. The smallest absolute Gasteiger partial charge is 0.124 e. The molecule has 0 heterocycles. The van der Waals surface area contributed by atoms with Gasteiger partial charge < -0.3 is 14.8 Å². The van der Waals surface area contributed by atoms with Crippen molar-refractivity contribution in [2.45, 2.75) is 32.9 Å². The quantitative estimate of drug-likeness (QED) is 0.750. The van der Waals surface area contributed by atoms with E-state index in [4.69, 9.17) is 9.47 Å². The molecular weight excluding hydrogens is 262 g/mol. The minimum Gasteiger partial charge on any atom is -0.491 e. The number of ether oxygens (including phenoxy) is 2. The van der Waals surface area contributed by atoms with E-state index in [2.05, 4.69) is 48.6 Å². The zero-order valence-corrected chi connectivity index (χ0v) is 13.2. The predicted octanol–water partition coefficient (Wildman–Crippen LogP) is 3.75. The molecule has 0 bridgehead atoms. The maximum atomic E-state index is 5.96. The second-order valence-electron chi connectivity index (χ2n) is 5.30. The van der Waals surface area contributed by atoms with Crippen LogP contribution in [0.1, 0.15) is 25.8 Å². The van der Waals surface area contributed by atoms with Gasteiger partial charge in [0, 0.05) is 19.2 Å². The van der Waals surface area contributed by atoms with Crippen LogP contribution in [-0.2, 0) is 11.3 Å². The Hall–Kier alpha value is -1.58. The van der Waals surface area contributed by atoms with E-state index in [0.29, 0.717) is 6.61 Å². The Kier molecular flexibility index (Phi) is 6.03. The van der Waals surface area contributed by atoms with Crippen molar-refractivity contribution in [1.82, 2.24) is 5.32 Å². The van der Waals surface area contributed by atoms with Crippen molar-refractivity contribution in [3.63, 3.8) is 0 Å². The second kappa shape index (κ2) is 8.01. The second-order valence-corrected chi connectivity index (χ2v) is 5.30. The summed E-state index contributed by atoms with van der Waals surface area (Å²) in [5, 5.41) is 5.98. The third-order valence-electron chi connectivity index (χ3n) is 3.60. The van der Waals surface area contributed by atoms with E-state index in [0.717, 1.165) is 25.3 Å². The average Bonchev–Trinajstić information content (AvgIpc) is 2.53. The van der Waals surface area contributed by atoms with Crippen LogP contribution in [0.4, 0.5) is 0 Å². The number of methoxy groups -OCH3 is 1. The highest BCUT2D eigenvalue weighted by atomic mass is 16.5. The van der Waals surface area contributed by atoms with Gasteiger partial charge in [-0.1, -0.05) is 37.3 Å². The summed E-state index contributed by atoms with van der Waals surface area (Å²) in [6.45, 7) is 6.59. The first-order chi connectivity index (χ1) is 10.3. The van der Waals surface area contributed by atoms with Crippen molar-refractivity contribution in [2.24, 2.45) is 0 Å². The number of hydrogen-bond acceptors (Lipinski definition) is 3. The zero-order chi connectivity index (χ0) is 15.1. The Bertz CT molecular complexity index is 568. The molecular formula is C18H25NO2. The van der Waals surface area contributed by atoms with E-state index >= 15 is 0 Å². The van der Waals surface area contributed by atoms with Gasteiger partial charge in [0.05, 0.1) is 6.10 Å². The van der Waals surface area contributed by atoms with Crippen molar-refractivity contribution in [3.05, 3.63) is 42.0 Å².